The van der Waals surface area contributed by atoms with Gasteiger partial charge < -0.3 is 15.2 Å². The van der Waals surface area contributed by atoms with Gasteiger partial charge in [0.05, 0.1) is 0 Å². The Labute approximate surface area is 131 Å². The predicted molar refractivity (Wildman–Crippen MR) is 92.6 cm³/mol. The lowest BCUT2D eigenvalue weighted by Gasteiger charge is -2.46. The van der Waals surface area contributed by atoms with Gasteiger partial charge in [0.15, 0.2) is 0 Å². The molecule has 0 bridgehead atoms. The van der Waals surface area contributed by atoms with Crippen LogP contribution in [-0.4, -0.2) is 19.0 Å². The molecule has 2 aliphatic heterocycles. The maximum absolute atomic E-state index is 11.0. The van der Waals surface area contributed by atoms with Crippen LogP contribution in [-0.2, 0) is 12.8 Å². The molecular formula is C19H20N3-. The Kier molecular flexibility index (Phi) is 3.34. The van der Waals surface area contributed by atoms with Crippen LogP contribution in [0, 0.1) is 0 Å². The van der Waals surface area contributed by atoms with Crippen molar-refractivity contribution in [3.8, 4) is 0 Å². The van der Waals surface area contributed by atoms with Gasteiger partial charge in [-0.25, -0.2) is 0 Å². The fourth-order valence-corrected chi connectivity index (χ4v) is 3.63. The van der Waals surface area contributed by atoms with Crippen molar-refractivity contribution in [1.29, 1.82) is 0 Å². The molecule has 3 nitrogen and oxygen atoms in total. The van der Waals surface area contributed by atoms with E-state index in [1.165, 1.54) is 11.1 Å². The first-order chi connectivity index (χ1) is 10.8. The molecule has 0 atom stereocenters. The van der Waals surface area contributed by atoms with Gasteiger partial charge in [0.2, 0.25) is 0 Å². The van der Waals surface area contributed by atoms with Gasteiger partial charge in [-0.3, -0.25) is 0 Å². The fraction of sp³-hybridized carbons (Fsp3) is 0.316. The quantitative estimate of drug-likeness (QED) is 0.545. The number of para-hydroxylation sites is 2. The third kappa shape index (κ3) is 2.17. The summed E-state index contributed by atoms with van der Waals surface area (Å²) in [5, 5.41) is 11.0. The van der Waals surface area contributed by atoms with E-state index in [0.29, 0.717) is 5.96 Å². The Morgan fingerprint density at radius 1 is 0.727 bits per heavy atom. The van der Waals surface area contributed by atoms with Gasteiger partial charge in [-0.2, -0.15) is 0 Å². The van der Waals surface area contributed by atoms with Crippen LogP contribution in [0.2, 0.25) is 0 Å². The van der Waals surface area contributed by atoms with Crippen LogP contribution in [0.4, 0.5) is 11.4 Å². The van der Waals surface area contributed by atoms with Crippen molar-refractivity contribution in [1.82, 2.24) is 0 Å². The van der Waals surface area contributed by atoms with Crippen molar-refractivity contribution in [2.24, 2.45) is 0 Å². The van der Waals surface area contributed by atoms with E-state index >= 15 is 0 Å². The topological polar surface area (TPSA) is 28.8 Å². The van der Waals surface area contributed by atoms with Crippen molar-refractivity contribution < 1.29 is 0 Å². The Morgan fingerprint density at radius 2 is 1.18 bits per heavy atom. The highest BCUT2D eigenvalue weighted by Crippen LogP contribution is 2.31. The molecule has 22 heavy (non-hydrogen) atoms. The number of anilines is 2. The first-order valence-corrected chi connectivity index (χ1v) is 8.11. The molecule has 112 valence electrons. The van der Waals surface area contributed by atoms with Gasteiger partial charge in [-0.1, -0.05) is 48.5 Å². The highest BCUT2D eigenvalue weighted by atomic mass is 15.4. The maximum Gasteiger partial charge on any atom is 0.0190 e. The highest BCUT2D eigenvalue weighted by Gasteiger charge is 2.20. The van der Waals surface area contributed by atoms with Gasteiger partial charge >= 0.3 is 0 Å². The molecule has 0 fully saturated rings. The molecule has 2 aromatic rings. The first-order valence-electron chi connectivity index (χ1n) is 8.11. The predicted octanol–water partition coefficient (Wildman–Crippen LogP) is 3.82. The number of hydrogen-bond donors (Lipinski definition) is 0. The van der Waals surface area contributed by atoms with Crippen molar-refractivity contribution in [3.63, 3.8) is 0 Å². The second-order valence-electron chi connectivity index (χ2n) is 6.07. The molecule has 2 heterocycles. The molecule has 0 aromatic heterocycles. The standard InChI is InChI=1S/C19H20N3/c20-19(21-13-5-9-15-7-1-3-11-17(15)21)22-14-6-10-16-8-2-4-12-18(16)22/h1-4,7-8,11-12H,5-6,9-10,13-14H2/q-1. The van der Waals surface area contributed by atoms with Crippen molar-refractivity contribution in [2.75, 3.05) is 22.9 Å². The molecule has 0 saturated carbocycles. The van der Waals surface area contributed by atoms with Gasteiger partial charge in [-0.05, 0) is 61.3 Å². The lowest BCUT2D eigenvalue weighted by molar-refractivity contribution is 0.746. The summed E-state index contributed by atoms with van der Waals surface area (Å²) >= 11 is 0. The van der Waals surface area contributed by atoms with E-state index in [0.717, 1.165) is 50.1 Å². The molecule has 2 aromatic carbocycles. The highest BCUT2D eigenvalue weighted by molar-refractivity contribution is 6.10. The number of aryl methyl sites for hydroxylation is 2. The summed E-state index contributed by atoms with van der Waals surface area (Å²) in [5.74, 6) is 0.374. The zero-order valence-electron chi connectivity index (χ0n) is 12.7. The number of nitrogens with zero attached hydrogens (tertiary/aromatic N) is 3. The summed E-state index contributed by atoms with van der Waals surface area (Å²) in [4.78, 5) is 4.14. The zero-order chi connectivity index (χ0) is 14.9. The smallest absolute Gasteiger partial charge is 0.0190 e. The molecule has 0 spiro atoms. The number of rotatable bonds is 0. The second-order valence-corrected chi connectivity index (χ2v) is 6.07. The van der Waals surface area contributed by atoms with Crippen LogP contribution >= 0.6 is 0 Å². The molecule has 0 aliphatic carbocycles. The van der Waals surface area contributed by atoms with Crippen LogP contribution in [0.3, 0.4) is 0 Å². The minimum Gasteiger partial charge on any atom is -0.397 e. The summed E-state index contributed by atoms with van der Waals surface area (Å²) in [6.45, 7) is 1.75. The molecule has 0 radical (unpaired) electrons. The molecule has 2 aliphatic rings. The molecule has 0 unspecified atom stereocenters. The van der Waals surface area contributed by atoms with Crippen molar-refractivity contribution in [2.45, 2.75) is 25.7 Å². The van der Waals surface area contributed by atoms with E-state index in [4.69, 9.17) is 0 Å². The second kappa shape index (κ2) is 5.48. The molecule has 0 amide bonds. The van der Waals surface area contributed by atoms with E-state index in [9.17, 15) is 5.41 Å². The van der Waals surface area contributed by atoms with Crippen LogP contribution in [0.25, 0.3) is 5.41 Å². The Morgan fingerprint density at radius 3 is 1.68 bits per heavy atom. The van der Waals surface area contributed by atoms with Gasteiger partial charge in [-0.15, -0.1) is 0 Å². The first kappa shape index (κ1) is 13.4. The van der Waals surface area contributed by atoms with E-state index < -0.39 is 0 Å². The molecule has 3 heteroatoms. The number of guanidine groups is 1. The van der Waals surface area contributed by atoms with Crippen LogP contribution < -0.4 is 9.80 Å². The minimum atomic E-state index is 0.374. The summed E-state index contributed by atoms with van der Waals surface area (Å²) in [6, 6.07) is 16.8. The van der Waals surface area contributed by atoms with Crippen molar-refractivity contribution in [3.05, 3.63) is 65.1 Å². The summed E-state index contributed by atoms with van der Waals surface area (Å²) in [5.41, 5.74) is 4.94. The van der Waals surface area contributed by atoms with E-state index in [2.05, 4.69) is 58.3 Å². The molecule has 0 N–H and O–H groups in total. The fourth-order valence-electron chi connectivity index (χ4n) is 3.63. The Balaban J connectivity index is 1.69. The van der Waals surface area contributed by atoms with Crippen LogP contribution in [0.5, 0.6) is 0 Å². The number of fused-ring (bicyclic) bond motifs is 2. The summed E-state index contributed by atoms with van der Waals surface area (Å²) < 4.78 is 0. The van der Waals surface area contributed by atoms with Gasteiger partial charge in [0.25, 0.3) is 0 Å². The SMILES string of the molecule is [N-]=C(N1CCCc2ccccc21)N1CCCc2ccccc21. The van der Waals surface area contributed by atoms with Gasteiger partial charge in [0.1, 0.15) is 0 Å². The van der Waals surface area contributed by atoms with E-state index in [-0.39, 0.29) is 0 Å². The molecule has 4 rings (SSSR count). The largest absolute Gasteiger partial charge is 0.397 e. The lowest BCUT2D eigenvalue weighted by Crippen LogP contribution is -2.47. The number of hydrogen-bond acceptors (Lipinski definition) is 0. The average molecular weight is 290 g/mol. The number of benzene rings is 2. The average Bonchev–Trinajstić information content (AvgIpc) is 2.60. The normalized spacial score (nSPS) is 16.9. The monoisotopic (exact) mass is 290 g/mol. The van der Waals surface area contributed by atoms with Crippen LogP contribution in [0.15, 0.2) is 48.5 Å². The molecular weight excluding hydrogens is 270 g/mol. The third-order valence-corrected chi connectivity index (χ3v) is 4.70. The van der Waals surface area contributed by atoms with E-state index in [1.54, 1.807) is 0 Å². The van der Waals surface area contributed by atoms with Crippen molar-refractivity contribution >= 4 is 17.3 Å². The van der Waals surface area contributed by atoms with E-state index in [1.807, 2.05) is 0 Å². The lowest BCUT2D eigenvalue weighted by atomic mass is 10.0. The molecule has 0 saturated heterocycles. The minimum absolute atomic E-state index is 0.374. The van der Waals surface area contributed by atoms with Gasteiger partial charge in [0, 0.05) is 5.96 Å². The third-order valence-electron chi connectivity index (χ3n) is 4.70. The maximum atomic E-state index is 11.0. The Bertz CT molecular complexity index is 648. The Hall–Kier alpha value is -2.29. The van der Waals surface area contributed by atoms with Crippen LogP contribution in [0.1, 0.15) is 24.0 Å². The summed E-state index contributed by atoms with van der Waals surface area (Å²) in [7, 11) is 0. The summed E-state index contributed by atoms with van der Waals surface area (Å²) in [6.07, 6.45) is 4.35. The zero-order valence-corrected chi connectivity index (χ0v) is 12.7.